The van der Waals surface area contributed by atoms with Crippen molar-refractivity contribution in [3.05, 3.63) is 76.0 Å². The highest BCUT2D eigenvalue weighted by Crippen LogP contribution is 2.24. The maximum Gasteiger partial charge on any atom is 0.244 e. The van der Waals surface area contributed by atoms with Crippen molar-refractivity contribution in [2.45, 2.75) is 24.9 Å². The largest absolute Gasteiger partial charge is 0.248 e. The fraction of sp³-hybridized carbons (Fsp3) is 0.222. The SMILES string of the molecule is Cc1ccc(Cn2cc(CN(C)S(=O)(=O)c3ccccc3Br)nn2)cc1. The summed E-state index contributed by atoms with van der Waals surface area (Å²) in [5.41, 5.74) is 2.91. The average Bonchev–Trinajstić information content (AvgIpc) is 3.04. The Labute approximate surface area is 161 Å². The fourth-order valence-electron chi connectivity index (χ4n) is 2.50. The van der Waals surface area contributed by atoms with E-state index in [0.29, 0.717) is 16.7 Å². The first-order chi connectivity index (χ1) is 12.4. The predicted molar refractivity (Wildman–Crippen MR) is 103 cm³/mol. The average molecular weight is 435 g/mol. The molecule has 26 heavy (non-hydrogen) atoms. The van der Waals surface area contributed by atoms with Crippen LogP contribution in [-0.4, -0.2) is 34.8 Å². The molecule has 1 aromatic heterocycles. The van der Waals surface area contributed by atoms with Gasteiger partial charge in [0.05, 0.1) is 29.9 Å². The molecule has 0 aliphatic carbocycles. The molecule has 6 nitrogen and oxygen atoms in total. The van der Waals surface area contributed by atoms with E-state index in [1.165, 1.54) is 16.9 Å². The molecule has 0 saturated carbocycles. The van der Waals surface area contributed by atoms with Crippen molar-refractivity contribution >= 4 is 26.0 Å². The van der Waals surface area contributed by atoms with E-state index in [1.807, 2.05) is 31.2 Å². The first-order valence-electron chi connectivity index (χ1n) is 8.01. The van der Waals surface area contributed by atoms with E-state index in [4.69, 9.17) is 0 Å². The lowest BCUT2D eigenvalue weighted by atomic mass is 10.1. The highest BCUT2D eigenvalue weighted by atomic mass is 79.9. The Morgan fingerprint density at radius 2 is 1.81 bits per heavy atom. The Hall–Kier alpha value is -2.03. The lowest BCUT2D eigenvalue weighted by Gasteiger charge is -2.16. The normalized spacial score (nSPS) is 11.8. The second-order valence-corrected chi connectivity index (χ2v) is 8.95. The molecule has 0 radical (unpaired) electrons. The van der Waals surface area contributed by atoms with E-state index in [2.05, 4.69) is 26.2 Å². The molecule has 3 aromatic rings. The molecule has 0 saturated heterocycles. The van der Waals surface area contributed by atoms with E-state index in [-0.39, 0.29) is 11.4 Å². The summed E-state index contributed by atoms with van der Waals surface area (Å²) in [6, 6.07) is 14.9. The highest BCUT2D eigenvalue weighted by Gasteiger charge is 2.24. The summed E-state index contributed by atoms with van der Waals surface area (Å²) in [4.78, 5) is 0.231. The van der Waals surface area contributed by atoms with Gasteiger partial charge in [-0.2, -0.15) is 4.31 Å². The van der Waals surface area contributed by atoms with Gasteiger partial charge in [0.1, 0.15) is 0 Å². The topological polar surface area (TPSA) is 68.1 Å². The van der Waals surface area contributed by atoms with Crippen LogP contribution in [0.5, 0.6) is 0 Å². The molecule has 0 amide bonds. The molecule has 1 heterocycles. The Morgan fingerprint density at radius 3 is 2.50 bits per heavy atom. The highest BCUT2D eigenvalue weighted by molar-refractivity contribution is 9.10. The number of hydrogen-bond donors (Lipinski definition) is 0. The van der Waals surface area contributed by atoms with Crippen LogP contribution in [0.4, 0.5) is 0 Å². The van der Waals surface area contributed by atoms with Crippen molar-refractivity contribution in [2.75, 3.05) is 7.05 Å². The monoisotopic (exact) mass is 434 g/mol. The van der Waals surface area contributed by atoms with Crippen LogP contribution >= 0.6 is 15.9 Å². The minimum Gasteiger partial charge on any atom is -0.248 e. The molecule has 136 valence electrons. The van der Waals surface area contributed by atoms with Crippen molar-refractivity contribution in [2.24, 2.45) is 0 Å². The molecule has 0 bridgehead atoms. The summed E-state index contributed by atoms with van der Waals surface area (Å²) in [5, 5.41) is 8.19. The zero-order valence-corrected chi connectivity index (χ0v) is 16.9. The van der Waals surface area contributed by atoms with Gasteiger partial charge in [0.25, 0.3) is 0 Å². The molecule has 2 aromatic carbocycles. The Bertz CT molecular complexity index is 1000. The number of hydrogen-bond acceptors (Lipinski definition) is 4. The van der Waals surface area contributed by atoms with Crippen LogP contribution in [0.3, 0.4) is 0 Å². The van der Waals surface area contributed by atoms with Crippen LogP contribution in [0, 0.1) is 6.92 Å². The van der Waals surface area contributed by atoms with Gasteiger partial charge >= 0.3 is 0 Å². The summed E-state index contributed by atoms with van der Waals surface area (Å²) in [6.07, 6.45) is 1.77. The van der Waals surface area contributed by atoms with E-state index in [9.17, 15) is 8.42 Å². The number of rotatable bonds is 6. The molecule has 0 aliphatic heterocycles. The van der Waals surface area contributed by atoms with Crippen molar-refractivity contribution in [3.8, 4) is 0 Å². The predicted octanol–water partition coefficient (Wildman–Crippen LogP) is 3.22. The fourth-order valence-corrected chi connectivity index (χ4v) is 4.61. The number of aryl methyl sites for hydroxylation is 1. The van der Waals surface area contributed by atoms with Crippen LogP contribution in [0.15, 0.2) is 64.1 Å². The molecular formula is C18H19BrN4O2S. The maximum atomic E-state index is 12.7. The molecule has 0 unspecified atom stereocenters. The van der Waals surface area contributed by atoms with Crippen LogP contribution in [-0.2, 0) is 23.1 Å². The number of aromatic nitrogens is 3. The molecule has 8 heteroatoms. The van der Waals surface area contributed by atoms with Gasteiger partial charge in [0, 0.05) is 11.5 Å². The summed E-state index contributed by atoms with van der Waals surface area (Å²) >= 11 is 3.29. The van der Waals surface area contributed by atoms with Crippen molar-refractivity contribution in [1.82, 2.24) is 19.3 Å². The Balaban J connectivity index is 1.72. The maximum absolute atomic E-state index is 12.7. The van der Waals surface area contributed by atoms with Gasteiger partial charge in [-0.25, -0.2) is 13.1 Å². The number of halogens is 1. The quantitative estimate of drug-likeness (QED) is 0.597. The van der Waals surface area contributed by atoms with Gasteiger partial charge in [-0.1, -0.05) is 47.2 Å². The van der Waals surface area contributed by atoms with Crippen LogP contribution < -0.4 is 0 Å². The van der Waals surface area contributed by atoms with E-state index >= 15 is 0 Å². The molecule has 0 atom stereocenters. The summed E-state index contributed by atoms with van der Waals surface area (Å²) in [7, 11) is -2.08. The summed E-state index contributed by atoms with van der Waals surface area (Å²) in [6.45, 7) is 2.78. The lowest BCUT2D eigenvalue weighted by molar-refractivity contribution is 0.461. The lowest BCUT2D eigenvalue weighted by Crippen LogP contribution is -2.27. The number of nitrogens with zero attached hydrogens (tertiary/aromatic N) is 4. The molecule has 0 N–H and O–H groups in total. The van der Waals surface area contributed by atoms with Gasteiger partial charge in [-0.15, -0.1) is 5.10 Å². The van der Waals surface area contributed by atoms with Gasteiger partial charge in [-0.05, 0) is 40.5 Å². The number of benzene rings is 2. The minimum absolute atomic E-state index is 0.150. The summed E-state index contributed by atoms with van der Waals surface area (Å²) < 4.78 is 29.0. The minimum atomic E-state index is -3.61. The van der Waals surface area contributed by atoms with E-state index < -0.39 is 10.0 Å². The first-order valence-corrected chi connectivity index (χ1v) is 10.2. The Morgan fingerprint density at radius 1 is 1.12 bits per heavy atom. The van der Waals surface area contributed by atoms with Gasteiger partial charge < -0.3 is 0 Å². The Kier molecular flexibility index (Phi) is 5.55. The van der Waals surface area contributed by atoms with Crippen LogP contribution in [0.1, 0.15) is 16.8 Å². The van der Waals surface area contributed by atoms with Crippen molar-refractivity contribution < 1.29 is 8.42 Å². The van der Waals surface area contributed by atoms with Crippen LogP contribution in [0.2, 0.25) is 0 Å². The zero-order valence-electron chi connectivity index (χ0n) is 14.5. The molecule has 0 spiro atoms. The number of sulfonamides is 1. The van der Waals surface area contributed by atoms with Gasteiger partial charge in [0.15, 0.2) is 0 Å². The van der Waals surface area contributed by atoms with E-state index in [1.54, 1.807) is 35.1 Å². The third-order valence-corrected chi connectivity index (χ3v) is 6.78. The zero-order chi connectivity index (χ0) is 18.7. The summed E-state index contributed by atoms with van der Waals surface area (Å²) in [5.74, 6) is 0. The smallest absolute Gasteiger partial charge is 0.244 e. The van der Waals surface area contributed by atoms with Crippen LogP contribution in [0.25, 0.3) is 0 Å². The second-order valence-electron chi connectivity index (χ2n) is 6.08. The van der Waals surface area contributed by atoms with Gasteiger partial charge in [-0.3, -0.25) is 0 Å². The molecule has 3 rings (SSSR count). The first kappa shape index (κ1) is 18.8. The standard InChI is InChI=1S/C18H19BrN4O2S/c1-14-7-9-15(10-8-14)11-23-13-16(20-21-23)12-22(2)26(24,25)18-6-4-3-5-17(18)19/h3-10,13H,11-12H2,1-2H3. The second kappa shape index (κ2) is 7.69. The van der Waals surface area contributed by atoms with Crippen molar-refractivity contribution in [3.63, 3.8) is 0 Å². The molecular weight excluding hydrogens is 416 g/mol. The molecule has 0 fully saturated rings. The third kappa shape index (κ3) is 4.20. The van der Waals surface area contributed by atoms with Gasteiger partial charge in [0.2, 0.25) is 10.0 Å². The van der Waals surface area contributed by atoms with E-state index in [0.717, 1.165) is 5.56 Å². The van der Waals surface area contributed by atoms with Crippen molar-refractivity contribution in [1.29, 1.82) is 0 Å². The molecule has 0 aliphatic rings. The third-order valence-electron chi connectivity index (χ3n) is 3.96.